The van der Waals surface area contributed by atoms with E-state index >= 15 is 0 Å². The van der Waals surface area contributed by atoms with Crippen molar-refractivity contribution in [3.63, 3.8) is 0 Å². The second-order valence-corrected chi connectivity index (χ2v) is 5.51. The van der Waals surface area contributed by atoms with Crippen molar-refractivity contribution in [1.82, 2.24) is 4.98 Å². The van der Waals surface area contributed by atoms with Crippen molar-refractivity contribution in [2.45, 2.75) is 39.5 Å². The van der Waals surface area contributed by atoms with Crippen LogP contribution in [0.25, 0.3) is 0 Å². The molecular formula is C15H19N3O2. The van der Waals surface area contributed by atoms with Crippen LogP contribution in [0.15, 0.2) is 0 Å². The molecule has 0 saturated carbocycles. The summed E-state index contributed by atoms with van der Waals surface area (Å²) in [5.41, 5.74) is 8.78. The van der Waals surface area contributed by atoms with E-state index in [0.717, 1.165) is 36.9 Å². The molecule has 1 aromatic rings. The number of ether oxygens (including phenoxy) is 1. The van der Waals surface area contributed by atoms with Gasteiger partial charge < -0.3 is 10.5 Å². The van der Waals surface area contributed by atoms with Gasteiger partial charge in [-0.3, -0.25) is 4.79 Å². The Kier molecular flexibility index (Phi) is 4.23. The van der Waals surface area contributed by atoms with E-state index in [4.69, 9.17) is 10.5 Å². The fourth-order valence-electron chi connectivity index (χ4n) is 2.63. The van der Waals surface area contributed by atoms with Crippen LogP contribution in [0.3, 0.4) is 0 Å². The quantitative estimate of drug-likeness (QED) is 0.880. The van der Waals surface area contributed by atoms with Crippen LogP contribution in [0.2, 0.25) is 0 Å². The maximum atomic E-state index is 10.9. The molecule has 1 aliphatic carbocycles. The van der Waals surface area contributed by atoms with E-state index in [2.05, 4.69) is 24.9 Å². The van der Waals surface area contributed by atoms with Crippen LogP contribution in [0, 0.1) is 17.2 Å². The molecule has 1 aliphatic rings. The topological polar surface area (TPSA) is 89.0 Å². The van der Waals surface area contributed by atoms with E-state index in [-0.39, 0.29) is 12.5 Å². The molecule has 5 heteroatoms. The van der Waals surface area contributed by atoms with Crippen LogP contribution in [0.5, 0.6) is 5.88 Å². The van der Waals surface area contributed by atoms with Crippen LogP contribution in [0.4, 0.5) is 0 Å². The van der Waals surface area contributed by atoms with Gasteiger partial charge in [0.1, 0.15) is 11.6 Å². The predicted octanol–water partition coefficient (Wildman–Crippen LogP) is 1.50. The summed E-state index contributed by atoms with van der Waals surface area (Å²) in [6.45, 7) is 4.01. The van der Waals surface area contributed by atoms with Crippen LogP contribution in [-0.4, -0.2) is 17.5 Å². The van der Waals surface area contributed by atoms with Crippen LogP contribution in [-0.2, 0) is 24.1 Å². The first-order valence-electron chi connectivity index (χ1n) is 6.88. The molecule has 0 aliphatic heterocycles. The summed E-state index contributed by atoms with van der Waals surface area (Å²) in [5, 5.41) is 9.33. The highest BCUT2D eigenvalue weighted by Gasteiger charge is 2.24. The lowest BCUT2D eigenvalue weighted by molar-refractivity contribution is -0.120. The highest BCUT2D eigenvalue weighted by molar-refractivity contribution is 5.75. The number of primary amides is 1. The number of hydrogen-bond donors (Lipinski definition) is 1. The number of carbonyl (C=O) groups excluding carboxylic acids is 1. The van der Waals surface area contributed by atoms with Crippen LogP contribution < -0.4 is 10.5 Å². The third-order valence-corrected chi connectivity index (χ3v) is 3.38. The van der Waals surface area contributed by atoms with E-state index in [1.165, 1.54) is 5.56 Å². The Balaban J connectivity index is 2.45. The number of nitrogens with zero attached hydrogens (tertiary/aromatic N) is 2. The molecule has 0 aromatic carbocycles. The van der Waals surface area contributed by atoms with Gasteiger partial charge in [0.25, 0.3) is 5.91 Å². The third-order valence-electron chi connectivity index (χ3n) is 3.38. The number of aromatic nitrogens is 1. The maximum Gasteiger partial charge on any atom is 0.255 e. The summed E-state index contributed by atoms with van der Waals surface area (Å²) in [4.78, 5) is 15.3. The molecule has 2 N–H and O–H groups in total. The number of carbonyl (C=O) groups is 1. The Bertz CT molecular complexity index is 573. The molecule has 0 atom stereocenters. The lowest BCUT2D eigenvalue weighted by atomic mass is 9.98. The second kappa shape index (κ2) is 5.91. The first kappa shape index (κ1) is 14.3. The summed E-state index contributed by atoms with van der Waals surface area (Å²) < 4.78 is 5.33. The zero-order valence-electron chi connectivity index (χ0n) is 11.9. The Morgan fingerprint density at radius 2 is 2.15 bits per heavy atom. The molecule has 1 heterocycles. The Morgan fingerprint density at radius 3 is 2.75 bits per heavy atom. The number of hydrogen-bond acceptors (Lipinski definition) is 4. The van der Waals surface area contributed by atoms with Crippen LogP contribution >= 0.6 is 0 Å². The molecule has 1 amide bonds. The lowest BCUT2D eigenvalue weighted by Gasteiger charge is -2.14. The minimum absolute atomic E-state index is 0.248. The summed E-state index contributed by atoms with van der Waals surface area (Å²) in [6.07, 6.45) is 3.73. The van der Waals surface area contributed by atoms with Gasteiger partial charge in [-0.05, 0) is 42.7 Å². The maximum absolute atomic E-state index is 10.9. The Hall–Kier alpha value is -2.09. The minimum Gasteiger partial charge on any atom is -0.467 e. The molecule has 0 spiro atoms. The number of amides is 1. The Labute approximate surface area is 118 Å². The third kappa shape index (κ3) is 2.90. The molecule has 20 heavy (non-hydrogen) atoms. The molecule has 0 saturated heterocycles. The zero-order valence-corrected chi connectivity index (χ0v) is 11.9. The average Bonchev–Trinajstić information content (AvgIpc) is 2.85. The van der Waals surface area contributed by atoms with Crippen molar-refractivity contribution in [3.8, 4) is 11.9 Å². The van der Waals surface area contributed by atoms with Crippen molar-refractivity contribution in [2.75, 3.05) is 6.61 Å². The minimum atomic E-state index is -0.568. The smallest absolute Gasteiger partial charge is 0.255 e. The van der Waals surface area contributed by atoms with Gasteiger partial charge >= 0.3 is 0 Å². The number of fused-ring (bicyclic) bond motifs is 1. The molecule has 0 fully saturated rings. The number of pyridine rings is 1. The van der Waals surface area contributed by atoms with Gasteiger partial charge in [0.15, 0.2) is 6.61 Å². The van der Waals surface area contributed by atoms with Crippen molar-refractivity contribution in [2.24, 2.45) is 11.7 Å². The zero-order chi connectivity index (χ0) is 14.7. The van der Waals surface area contributed by atoms with Crippen molar-refractivity contribution < 1.29 is 9.53 Å². The van der Waals surface area contributed by atoms with Crippen LogP contribution in [0.1, 0.15) is 42.7 Å². The Morgan fingerprint density at radius 1 is 1.45 bits per heavy atom. The fourth-order valence-corrected chi connectivity index (χ4v) is 2.63. The van der Waals surface area contributed by atoms with Gasteiger partial charge in [-0.1, -0.05) is 13.8 Å². The molecule has 1 aromatic heterocycles. The van der Waals surface area contributed by atoms with Gasteiger partial charge in [-0.2, -0.15) is 5.26 Å². The summed E-state index contributed by atoms with van der Waals surface area (Å²) in [7, 11) is 0. The molecule has 0 bridgehead atoms. The molecule has 0 radical (unpaired) electrons. The first-order chi connectivity index (χ1) is 9.52. The molecule has 2 rings (SSSR count). The van der Waals surface area contributed by atoms with Gasteiger partial charge in [0.05, 0.1) is 0 Å². The molecule has 106 valence electrons. The highest BCUT2D eigenvalue weighted by atomic mass is 16.5. The number of nitriles is 1. The summed E-state index contributed by atoms with van der Waals surface area (Å²) >= 11 is 0. The summed E-state index contributed by atoms with van der Waals surface area (Å²) in [5.74, 6) is 0.160. The van der Waals surface area contributed by atoms with E-state index in [9.17, 15) is 10.1 Å². The lowest BCUT2D eigenvalue weighted by Crippen LogP contribution is -2.21. The highest BCUT2D eigenvalue weighted by Crippen LogP contribution is 2.33. The normalized spacial score (nSPS) is 13.1. The van der Waals surface area contributed by atoms with Gasteiger partial charge in [0.2, 0.25) is 5.88 Å². The average molecular weight is 273 g/mol. The van der Waals surface area contributed by atoms with Gasteiger partial charge in [-0.15, -0.1) is 0 Å². The van der Waals surface area contributed by atoms with Gasteiger partial charge in [-0.25, -0.2) is 4.98 Å². The van der Waals surface area contributed by atoms with Crippen molar-refractivity contribution in [1.29, 1.82) is 5.26 Å². The second-order valence-electron chi connectivity index (χ2n) is 5.51. The predicted molar refractivity (Wildman–Crippen MR) is 74.2 cm³/mol. The molecule has 5 nitrogen and oxygen atoms in total. The van der Waals surface area contributed by atoms with E-state index in [1.54, 1.807) is 0 Å². The van der Waals surface area contributed by atoms with Crippen molar-refractivity contribution >= 4 is 5.91 Å². The number of nitrogens with two attached hydrogens (primary N) is 1. The van der Waals surface area contributed by atoms with E-state index in [0.29, 0.717) is 11.5 Å². The van der Waals surface area contributed by atoms with Gasteiger partial charge in [0, 0.05) is 5.69 Å². The van der Waals surface area contributed by atoms with E-state index < -0.39 is 5.91 Å². The molecule has 0 unspecified atom stereocenters. The fraction of sp³-hybridized carbons (Fsp3) is 0.533. The summed E-state index contributed by atoms with van der Waals surface area (Å²) in [6, 6.07) is 2.16. The first-order valence-corrected chi connectivity index (χ1v) is 6.88. The monoisotopic (exact) mass is 273 g/mol. The number of rotatable bonds is 5. The standard InChI is InChI=1S/C15H19N3O2/c1-9(2)6-13-11-5-3-4-10(11)12(7-16)15(18-13)20-8-14(17)19/h9H,3-6,8H2,1-2H3,(H2,17,19). The van der Waals surface area contributed by atoms with E-state index in [1.807, 2.05) is 0 Å². The van der Waals surface area contributed by atoms with Crippen molar-refractivity contribution in [3.05, 3.63) is 22.4 Å². The molecular weight excluding hydrogens is 254 g/mol. The SMILES string of the molecule is CC(C)Cc1nc(OCC(N)=O)c(C#N)c2c1CCC2. The largest absolute Gasteiger partial charge is 0.467 e.